The minimum atomic E-state index is -0.0912. The first kappa shape index (κ1) is 10.7. The van der Waals surface area contributed by atoms with Crippen LogP contribution in [-0.4, -0.2) is 22.6 Å². The molecule has 0 saturated carbocycles. The molecule has 1 rings (SSSR count). The van der Waals surface area contributed by atoms with E-state index in [0.717, 1.165) is 5.56 Å². The maximum absolute atomic E-state index is 11.2. The van der Waals surface area contributed by atoms with Crippen LogP contribution in [0.1, 0.15) is 18.4 Å². The van der Waals surface area contributed by atoms with Crippen LogP contribution in [0.25, 0.3) is 0 Å². The summed E-state index contributed by atoms with van der Waals surface area (Å²) in [5.41, 5.74) is 1.71. The van der Waals surface area contributed by atoms with Crippen molar-refractivity contribution in [3.05, 3.63) is 24.0 Å². The average Bonchev–Trinajstić information content (AvgIpc) is 2.15. The van der Waals surface area contributed by atoms with Gasteiger partial charge in [-0.2, -0.15) is 0 Å². The number of hydrogen-bond acceptors (Lipinski definition) is 3. The van der Waals surface area contributed by atoms with Gasteiger partial charge in [-0.05, 0) is 25.0 Å². The molecular formula is C10H14N2O2. The first-order valence-electron chi connectivity index (χ1n) is 4.55. The Morgan fingerprint density at radius 2 is 2.36 bits per heavy atom. The smallest absolute Gasteiger partial charge is 0.224 e. The number of hydrogen-bond donors (Lipinski definition) is 2. The van der Waals surface area contributed by atoms with Crippen LogP contribution in [0.3, 0.4) is 0 Å². The molecule has 76 valence electrons. The number of aryl methyl sites for hydroxylation is 1. The number of aromatic nitrogens is 1. The lowest BCUT2D eigenvalue weighted by Gasteiger charge is -2.04. The molecule has 14 heavy (non-hydrogen) atoms. The Morgan fingerprint density at radius 1 is 1.57 bits per heavy atom. The van der Waals surface area contributed by atoms with Crippen molar-refractivity contribution in [3.8, 4) is 0 Å². The summed E-state index contributed by atoms with van der Waals surface area (Å²) >= 11 is 0. The number of pyridine rings is 1. The molecule has 2 N–H and O–H groups in total. The molecule has 0 aliphatic heterocycles. The standard InChI is InChI=1S/C10H14N2O2/c1-8-5-9(7-11-6-8)12-10(14)3-2-4-13/h5-7,13H,2-4H2,1H3,(H,12,14). The van der Waals surface area contributed by atoms with Crippen molar-refractivity contribution in [1.82, 2.24) is 4.98 Å². The molecule has 0 spiro atoms. The SMILES string of the molecule is Cc1cncc(NC(=O)CCCO)c1. The first-order chi connectivity index (χ1) is 6.72. The maximum atomic E-state index is 11.2. The summed E-state index contributed by atoms with van der Waals surface area (Å²) in [4.78, 5) is 15.2. The van der Waals surface area contributed by atoms with Crippen molar-refractivity contribution < 1.29 is 9.90 Å². The quantitative estimate of drug-likeness (QED) is 0.754. The Morgan fingerprint density at radius 3 is 3.00 bits per heavy atom. The van der Waals surface area contributed by atoms with Gasteiger partial charge < -0.3 is 10.4 Å². The summed E-state index contributed by atoms with van der Waals surface area (Å²) in [5, 5.41) is 11.2. The van der Waals surface area contributed by atoms with Crippen LogP contribution < -0.4 is 5.32 Å². The van der Waals surface area contributed by atoms with Crippen molar-refractivity contribution >= 4 is 11.6 Å². The zero-order valence-corrected chi connectivity index (χ0v) is 8.16. The second-order valence-corrected chi connectivity index (χ2v) is 3.13. The van der Waals surface area contributed by atoms with E-state index in [0.29, 0.717) is 18.5 Å². The van der Waals surface area contributed by atoms with Gasteiger partial charge in [0.1, 0.15) is 0 Å². The van der Waals surface area contributed by atoms with E-state index in [9.17, 15) is 4.79 Å². The van der Waals surface area contributed by atoms with Gasteiger partial charge in [0, 0.05) is 19.2 Å². The topological polar surface area (TPSA) is 62.2 Å². The minimum absolute atomic E-state index is 0.0412. The zero-order valence-electron chi connectivity index (χ0n) is 8.16. The number of anilines is 1. The lowest BCUT2D eigenvalue weighted by atomic mass is 10.2. The van der Waals surface area contributed by atoms with Crippen LogP contribution in [0.5, 0.6) is 0 Å². The van der Waals surface area contributed by atoms with Gasteiger partial charge in [-0.3, -0.25) is 9.78 Å². The van der Waals surface area contributed by atoms with E-state index in [1.807, 2.05) is 13.0 Å². The molecule has 4 heteroatoms. The van der Waals surface area contributed by atoms with Crippen molar-refractivity contribution in [3.63, 3.8) is 0 Å². The molecule has 1 aromatic rings. The third-order valence-electron chi connectivity index (χ3n) is 1.72. The second-order valence-electron chi connectivity index (χ2n) is 3.13. The zero-order chi connectivity index (χ0) is 10.4. The predicted octanol–water partition coefficient (Wildman–Crippen LogP) is 1.10. The van der Waals surface area contributed by atoms with E-state index in [4.69, 9.17) is 5.11 Å². The summed E-state index contributed by atoms with van der Waals surface area (Å²) in [6.45, 7) is 1.95. The van der Waals surface area contributed by atoms with Gasteiger partial charge >= 0.3 is 0 Å². The van der Waals surface area contributed by atoms with E-state index in [-0.39, 0.29) is 12.5 Å². The van der Waals surface area contributed by atoms with Gasteiger partial charge in [0.05, 0.1) is 11.9 Å². The van der Waals surface area contributed by atoms with Gasteiger partial charge in [0.25, 0.3) is 0 Å². The van der Waals surface area contributed by atoms with Crippen LogP contribution in [-0.2, 0) is 4.79 Å². The number of aliphatic hydroxyl groups excluding tert-OH is 1. The molecule has 0 fully saturated rings. The van der Waals surface area contributed by atoms with E-state index in [1.54, 1.807) is 12.4 Å². The fourth-order valence-corrected chi connectivity index (χ4v) is 1.09. The number of carbonyl (C=O) groups excluding carboxylic acids is 1. The molecule has 1 aromatic heterocycles. The molecule has 0 saturated heterocycles. The van der Waals surface area contributed by atoms with E-state index in [2.05, 4.69) is 10.3 Å². The highest BCUT2D eigenvalue weighted by atomic mass is 16.3. The molecule has 4 nitrogen and oxygen atoms in total. The van der Waals surface area contributed by atoms with Gasteiger partial charge in [-0.25, -0.2) is 0 Å². The van der Waals surface area contributed by atoms with E-state index < -0.39 is 0 Å². The van der Waals surface area contributed by atoms with Crippen LogP contribution in [0.4, 0.5) is 5.69 Å². The Balaban J connectivity index is 2.47. The van der Waals surface area contributed by atoms with Crippen molar-refractivity contribution in [2.75, 3.05) is 11.9 Å². The van der Waals surface area contributed by atoms with Crippen LogP contribution in [0, 0.1) is 6.92 Å². The molecule has 0 radical (unpaired) electrons. The van der Waals surface area contributed by atoms with Gasteiger partial charge in [-0.15, -0.1) is 0 Å². The number of rotatable bonds is 4. The van der Waals surface area contributed by atoms with E-state index in [1.165, 1.54) is 0 Å². The molecule has 0 aliphatic carbocycles. The highest BCUT2D eigenvalue weighted by molar-refractivity contribution is 5.90. The predicted molar refractivity (Wildman–Crippen MR) is 53.9 cm³/mol. The van der Waals surface area contributed by atoms with Crippen molar-refractivity contribution in [1.29, 1.82) is 0 Å². The summed E-state index contributed by atoms with van der Waals surface area (Å²) in [6.07, 6.45) is 4.16. The van der Waals surface area contributed by atoms with Gasteiger partial charge in [-0.1, -0.05) is 0 Å². The molecule has 0 aromatic carbocycles. The second kappa shape index (κ2) is 5.34. The number of amides is 1. The average molecular weight is 194 g/mol. The Labute approximate surface area is 83.0 Å². The summed E-state index contributed by atoms with van der Waals surface area (Å²) in [5.74, 6) is -0.0912. The maximum Gasteiger partial charge on any atom is 0.224 e. The van der Waals surface area contributed by atoms with Crippen LogP contribution in [0.2, 0.25) is 0 Å². The largest absolute Gasteiger partial charge is 0.396 e. The molecular weight excluding hydrogens is 180 g/mol. The van der Waals surface area contributed by atoms with Crippen molar-refractivity contribution in [2.45, 2.75) is 19.8 Å². The van der Waals surface area contributed by atoms with Gasteiger partial charge in [0.15, 0.2) is 0 Å². The number of nitrogens with one attached hydrogen (secondary N) is 1. The Kier molecular flexibility index (Phi) is 4.07. The number of carbonyl (C=O) groups is 1. The first-order valence-corrected chi connectivity index (χ1v) is 4.55. The fourth-order valence-electron chi connectivity index (χ4n) is 1.09. The lowest BCUT2D eigenvalue weighted by Crippen LogP contribution is -2.11. The minimum Gasteiger partial charge on any atom is -0.396 e. The van der Waals surface area contributed by atoms with Crippen LogP contribution in [0.15, 0.2) is 18.5 Å². The summed E-state index contributed by atoms with van der Waals surface area (Å²) in [6, 6.07) is 1.85. The molecule has 0 aliphatic rings. The normalized spacial score (nSPS) is 9.86. The fraction of sp³-hybridized carbons (Fsp3) is 0.400. The molecule has 1 amide bonds. The molecule has 0 bridgehead atoms. The molecule has 1 heterocycles. The summed E-state index contributed by atoms with van der Waals surface area (Å²) < 4.78 is 0. The molecule has 0 atom stereocenters. The molecule has 0 unspecified atom stereocenters. The Bertz CT molecular complexity index is 313. The lowest BCUT2D eigenvalue weighted by molar-refractivity contribution is -0.116. The van der Waals surface area contributed by atoms with E-state index >= 15 is 0 Å². The van der Waals surface area contributed by atoms with Crippen molar-refractivity contribution in [2.24, 2.45) is 0 Å². The van der Waals surface area contributed by atoms with Gasteiger partial charge in [0.2, 0.25) is 5.91 Å². The highest BCUT2D eigenvalue weighted by Gasteiger charge is 2.01. The third kappa shape index (κ3) is 3.53. The number of nitrogens with zero attached hydrogens (tertiary/aromatic N) is 1. The Hall–Kier alpha value is -1.42. The highest BCUT2D eigenvalue weighted by Crippen LogP contribution is 2.07. The number of aliphatic hydroxyl groups is 1. The summed E-state index contributed by atoms with van der Waals surface area (Å²) in [7, 11) is 0. The van der Waals surface area contributed by atoms with Crippen LogP contribution >= 0.6 is 0 Å². The third-order valence-corrected chi connectivity index (χ3v) is 1.72. The monoisotopic (exact) mass is 194 g/mol.